The summed E-state index contributed by atoms with van der Waals surface area (Å²) in [5.41, 5.74) is 4.93. The fraction of sp³-hybridized carbons (Fsp3) is 0.154. The summed E-state index contributed by atoms with van der Waals surface area (Å²) < 4.78 is 77.1. The van der Waals surface area contributed by atoms with E-state index >= 15 is 0 Å². The minimum absolute atomic E-state index is 0.0803. The third kappa shape index (κ3) is 3.80. The highest BCUT2D eigenvalue weighted by atomic mass is 19.4. The SMILES string of the molecule is Nc1cc(OC(F)(F)F)ccc1-c1ccc(C(F)(F)F)nc1. The quantitative estimate of drug-likeness (QED) is 0.664. The number of nitrogens with two attached hydrogens (primary N) is 1. The van der Waals surface area contributed by atoms with Crippen LogP contribution in [-0.2, 0) is 6.18 Å². The number of hydrogen-bond donors (Lipinski definition) is 1. The number of alkyl halides is 6. The monoisotopic (exact) mass is 322 g/mol. The smallest absolute Gasteiger partial charge is 0.406 e. The predicted octanol–water partition coefficient (Wildman–Crippen LogP) is 4.25. The summed E-state index contributed by atoms with van der Waals surface area (Å²) in [6.45, 7) is 0. The molecule has 0 saturated heterocycles. The number of ether oxygens (including phenoxy) is 1. The summed E-state index contributed by atoms with van der Waals surface area (Å²) in [6, 6.07) is 5.04. The van der Waals surface area contributed by atoms with Crippen molar-refractivity contribution in [3.05, 3.63) is 42.2 Å². The van der Waals surface area contributed by atoms with E-state index in [-0.39, 0.29) is 16.8 Å². The molecule has 0 fully saturated rings. The van der Waals surface area contributed by atoms with E-state index in [1.54, 1.807) is 0 Å². The second-order valence-electron chi connectivity index (χ2n) is 4.23. The van der Waals surface area contributed by atoms with Crippen LogP contribution in [0.5, 0.6) is 5.75 Å². The van der Waals surface area contributed by atoms with Crippen LogP contribution in [0.1, 0.15) is 5.69 Å². The Morgan fingerprint density at radius 1 is 0.955 bits per heavy atom. The van der Waals surface area contributed by atoms with Gasteiger partial charge in [-0.1, -0.05) is 6.07 Å². The predicted molar refractivity (Wildman–Crippen MR) is 65.8 cm³/mol. The van der Waals surface area contributed by atoms with Gasteiger partial charge >= 0.3 is 12.5 Å². The van der Waals surface area contributed by atoms with Crippen LogP contribution >= 0.6 is 0 Å². The maximum atomic E-state index is 12.4. The number of hydrogen-bond acceptors (Lipinski definition) is 3. The maximum absolute atomic E-state index is 12.4. The Hall–Kier alpha value is -2.45. The summed E-state index contributed by atoms with van der Waals surface area (Å²) in [7, 11) is 0. The third-order valence-electron chi connectivity index (χ3n) is 2.62. The van der Waals surface area contributed by atoms with E-state index in [4.69, 9.17) is 5.73 Å². The lowest BCUT2D eigenvalue weighted by Gasteiger charge is -2.12. The summed E-state index contributed by atoms with van der Waals surface area (Å²) in [4.78, 5) is 3.26. The molecule has 0 radical (unpaired) electrons. The highest BCUT2D eigenvalue weighted by Crippen LogP contribution is 2.33. The number of nitrogen functional groups attached to an aromatic ring is 1. The zero-order valence-corrected chi connectivity index (χ0v) is 10.7. The van der Waals surface area contributed by atoms with Crippen molar-refractivity contribution in [2.75, 3.05) is 5.73 Å². The standard InChI is InChI=1S/C13H8F6N2O/c14-12(15,16)11-4-1-7(6-21-11)9-3-2-8(5-10(9)20)22-13(17,18)19/h1-6H,20H2. The van der Waals surface area contributed by atoms with Gasteiger partial charge in [-0.25, -0.2) is 0 Å². The Morgan fingerprint density at radius 3 is 2.09 bits per heavy atom. The molecule has 1 aromatic carbocycles. The molecule has 9 heteroatoms. The average molecular weight is 322 g/mol. The van der Waals surface area contributed by atoms with Crippen molar-refractivity contribution in [3.8, 4) is 16.9 Å². The fourth-order valence-electron chi connectivity index (χ4n) is 1.72. The molecule has 1 aromatic heterocycles. The Bertz CT molecular complexity index is 664. The second kappa shape index (κ2) is 5.39. The molecule has 0 atom stereocenters. The molecule has 0 spiro atoms. The first-order valence-electron chi connectivity index (χ1n) is 5.75. The van der Waals surface area contributed by atoms with Gasteiger partial charge < -0.3 is 10.5 Å². The Balaban J connectivity index is 2.30. The average Bonchev–Trinajstić information content (AvgIpc) is 2.36. The molecule has 0 bridgehead atoms. The lowest BCUT2D eigenvalue weighted by molar-refractivity contribution is -0.274. The van der Waals surface area contributed by atoms with Crippen LogP contribution in [0.2, 0.25) is 0 Å². The number of aromatic nitrogens is 1. The first-order valence-corrected chi connectivity index (χ1v) is 5.75. The van der Waals surface area contributed by atoms with Gasteiger partial charge in [-0.05, 0) is 18.2 Å². The van der Waals surface area contributed by atoms with Crippen molar-refractivity contribution in [2.24, 2.45) is 0 Å². The van der Waals surface area contributed by atoms with Crippen LogP contribution in [0.3, 0.4) is 0 Å². The van der Waals surface area contributed by atoms with Gasteiger partial charge in [0.05, 0.1) is 0 Å². The van der Waals surface area contributed by atoms with Gasteiger partial charge in [0.25, 0.3) is 0 Å². The largest absolute Gasteiger partial charge is 0.573 e. The molecule has 3 nitrogen and oxygen atoms in total. The number of halogens is 6. The van der Waals surface area contributed by atoms with Gasteiger partial charge in [0.1, 0.15) is 11.4 Å². The molecule has 0 saturated carbocycles. The topological polar surface area (TPSA) is 48.1 Å². The Morgan fingerprint density at radius 2 is 1.64 bits per heavy atom. The molecule has 2 rings (SSSR count). The molecule has 0 aliphatic rings. The lowest BCUT2D eigenvalue weighted by Crippen LogP contribution is -2.17. The molecule has 0 amide bonds. The highest BCUT2D eigenvalue weighted by Gasteiger charge is 2.32. The summed E-state index contributed by atoms with van der Waals surface area (Å²) in [5, 5.41) is 0. The highest BCUT2D eigenvalue weighted by molar-refractivity contribution is 5.76. The van der Waals surface area contributed by atoms with Crippen LogP contribution in [0.15, 0.2) is 36.5 Å². The first kappa shape index (κ1) is 15.9. The van der Waals surface area contributed by atoms with Crippen LogP contribution in [0.25, 0.3) is 11.1 Å². The third-order valence-corrected chi connectivity index (χ3v) is 2.62. The van der Waals surface area contributed by atoms with E-state index < -0.39 is 24.0 Å². The van der Waals surface area contributed by atoms with E-state index in [9.17, 15) is 26.3 Å². The van der Waals surface area contributed by atoms with Crippen molar-refractivity contribution in [1.29, 1.82) is 0 Å². The van der Waals surface area contributed by atoms with Crippen LogP contribution < -0.4 is 10.5 Å². The van der Waals surface area contributed by atoms with Gasteiger partial charge in [0.2, 0.25) is 0 Å². The number of nitrogens with zero attached hydrogens (tertiary/aromatic N) is 1. The van der Waals surface area contributed by atoms with Crippen LogP contribution in [-0.4, -0.2) is 11.3 Å². The number of pyridine rings is 1. The fourth-order valence-corrected chi connectivity index (χ4v) is 1.72. The Labute approximate surface area is 120 Å². The van der Waals surface area contributed by atoms with Gasteiger partial charge in [0.15, 0.2) is 0 Å². The molecule has 0 unspecified atom stereocenters. The van der Waals surface area contributed by atoms with Crippen molar-refractivity contribution in [1.82, 2.24) is 4.98 Å². The lowest BCUT2D eigenvalue weighted by atomic mass is 10.1. The molecule has 2 aromatic rings. The molecule has 22 heavy (non-hydrogen) atoms. The first-order chi connectivity index (χ1) is 10.1. The van der Waals surface area contributed by atoms with Crippen molar-refractivity contribution in [3.63, 3.8) is 0 Å². The van der Waals surface area contributed by atoms with E-state index in [2.05, 4.69) is 9.72 Å². The zero-order chi connectivity index (χ0) is 16.5. The van der Waals surface area contributed by atoms with E-state index in [0.717, 1.165) is 30.5 Å². The van der Waals surface area contributed by atoms with Crippen LogP contribution in [0.4, 0.5) is 32.0 Å². The molecule has 118 valence electrons. The van der Waals surface area contributed by atoms with Gasteiger partial charge in [-0.3, -0.25) is 4.98 Å². The molecule has 2 N–H and O–H groups in total. The number of benzene rings is 1. The van der Waals surface area contributed by atoms with E-state index in [1.165, 1.54) is 6.07 Å². The Kier molecular flexibility index (Phi) is 3.90. The van der Waals surface area contributed by atoms with Gasteiger partial charge in [-0.2, -0.15) is 13.2 Å². The van der Waals surface area contributed by atoms with Crippen molar-refractivity contribution >= 4 is 5.69 Å². The normalized spacial score (nSPS) is 12.3. The zero-order valence-electron chi connectivity index (χ0n) is 10.7. The summed E-state index contributed by atoms with van der Waals surface area (Å²) in [5.74, 6) is -0.520. The second-order valence-corrected chi connectivity index (χ2v) is 4.23. The number of rotatable bonds is 2. The minimum Gasteiger partial charge on any atom is -0.406 e. The molecular formula is C13H8F6N2O. The molecule has 0 aliphatic carbocycles. The van der Waals surface area contributed by atoms with E-state index in [0.29, 0.717) is 0 Å². The maximum Gasteiger partial charge on any atom is 0.573 e. The number of anilines is 1. The summed E-state index contributed by atoms with van der Waals surface area (Å²) in [6.07, 6.45) is -8.49. The van der Waals surface area contributed by atoms with Crippen LogP contribution in [0, 0.1) is 0 Å². The van der Waals surface area contributed by atoms with Crippen molar-refractivity contribution in [2.45, 2.75) is 12.5 Å². The molecule has 0 aliphatic heterocycles. The minimum atomic E-state index is -4.86. The molecule has 1 heterocycles. The summed E-state index contributed by atoms with van der Waals surface area (Å²) >= 11 is 0. The van der Waals surface area contributed by atoms with Crippen molar-refractivity contribution < 1.29 is 31.1 Å². The van der Waals surface area contributed by atoms with Gasteiger partial charge in [0, 0.05) is 29.1 Å². The molecular weight excluding hydrogens is 314 g/mol. The van der Waals surface area contributed by atoms with Gasteiger partial charge in [-0.15, -0.1) is 13.2 Å². The van der Waals surface area contributed by atoms with E-state index in [1.807, 2.05) is 0 Å².